The highest BCUT2D eigenvalue weighted by Gasteiger charge is 2.10. The third kappa shape index (κ3) is 4.00. The molecule has 0 aliphatic rings. The molecule has 0 aliphatic carbocycles. The molecule has 0 fully saturated rings. The van der Waals surface area contributed by atoms with E-state index in [1.807, 2.05) is 0 Å². The van der Waals surface area contributed by atoms with E-state index in [4.69, 9.17) is 40.5 Å². The molecule has 0 saturated carbocycles. The lowest BCUT2D eigenvalue weighted by Gasteiger charge is -2.12. The fraction of sp³-hybridized carbons (Fsp3) is 0. The molecule has 0 bridgehead atoms. The van der Waals surface area contributed by atoms with Crippen molar-refractivity contribution < 1.29 is 15.0 Å². The number of hydrogen-bond acceptors (Lipinski definition) is 3. The van der Waals surface area contributed by atoms with Gasteiger partial charge in [0.1, 0.15) is 11.3 Å². The number of nitrogens with one attached hydrogen (secondary N) is 2. The molecule has 0 saturated heterocycles. The van der Waals surface area contributed by atoms with Crippen molar-refractivity contribution in [3.05, 3.63) is 52.0 Å². The number of aromatic carboxylic acids is 1. The highest BCUT2D eigenvalue weighted by Crippen LogP contribution is 2.26. The first-order valence-corrected chi connectivity index (χ1v) is 7.12. The topological polar surface area (TPSA) is 81.6 Å². The molecule has 0 aliphatic heterocycles. The molecule has 0 radical (unpaired) electrons. The van der Waals surface area contributed by atoms with Crippen molar-refractivity contribution in [2.45, 2.75) is 0 Å². The summed E-state index contributed by atoms with van der Waals surface area (Å²) in [5, 5.41) is 25.3. The second-order valence-corrected chi connectivity index (χ2v) is 5.49. The first kappa shape index (κ1) is 16.4. The Morgan fingerprint density at radius 3 is 2.41 bits per heavy atom. The van der Waals surface area contributed by atoms with Gasteiger partial charge >= 0.3 is 5.97 Å². The summed E-state index contributed by atoms with van der Waals surface area (Å²) in [7, 11) is 0. The van der Waals surface area contributed by atoms with E-state index in [1.54, 1.807) is 18.2 Å². The molecule has 2 aromatic carbocycles. The van der Waals surface area contributed by atoms with Crippen LogP contribution in [0.15, 0.2) is 36.4 Å². The third-order valence-electron chi connectivity index (χ3n) is 2.67. The summed E-state index contributed by atoms with van der Waals surface area (Å²) < 4.78 is 0. The standard InChI is InChI=1S/C14H10Cl2N2O3S/c15-7-1-4-11(10(16)5-7)18-14(22)17-8-2-3-9(13(20)21)12(19)6-8/h1-6,19H,(H,20,21)(H2,17,18,22). The number of anilines is 2. The molecule has 0 spiro atoms. The lowest BCUT2D eigenvalue weighted by atomic mass is 10.2. The summed E-state index contributed by atoms with van der Waals surface area (Å²) >= 11 is 16.9. The van der Waals surface area contributed by atoms with Gasteiger partial charge in [0, 0.05) is 16.8 Å². The number of hydrogen-bond donors (Lipinski definition) is 4. The van der Waals surface area contributed by atoms with Crippen LogP contribution < -0.4 is 10.6 Å². The smallest absolute Gasteiger partial charge is 0.339 e. The molecule has 0 amide bonds. The Kier molecular flexibility index (Phi) is 5.07. The number of carboxylic acid groups (broad SMARTS) is 1. The Labute approximate surface area is 141 Å². The van der Waals surface area contributed by atoms with Crippen LogP contribution in [0.5, 0.6) is 5.75 Å². The van der Waals surface area contributed by atoms with Crippen LogP contribution in [-0.2, 0) is 0 Å². The van der Waals surface area contributed by atoms with Gasteiger partial charge in [0.25, 0.3) is 0 Å². The lowest BCUT2D eigenvalue weighted by Crippen LogP contribution is -2.19. The zero-order valence-electron chi connectivity index (χ0n) is 10.9. The Bertz CT molecular complexity index is 753. The fourth-order valence-corrected chi connectivity index (χ4v) is 2.35. The third-order valence-corrected chi connectivity index (χ3v) is 3.42. The Morgan fingerprint density at radius 2 is 1.82 bits per heavy atom. The highest BCUT2D eigenvalue weighted by atomic mass is 35.5. The van der Waals surface area contributed by atoms with Crippen LogP contribution in [0, 0.1) is 0 Å². The van der Waals surface area contributed by atoms with E-state index in [-0.39, 0.29) is 16.4 Å². The number of thiocarbonyl (C=S) groups is 1. The average molecular weight is 357 g/mol. The van der Waals surface area contributed by atoms with Crippen LogP contribution in [0.4, 0.5) is 11.4 Å². The number of rotatable bonds is 3. The molecule has 0 atom stereocenters. The molecule has 2 rings (SSSR count). The van der Waals surface area contributed by atoms with Crippen LogP contribution in [0.2, 0.25) is 10.0 Å². The van der Waals surface area contributed by atoms with Gasteiger partial charge in [-0.3, -0.25) is 0 Å². The summed E-state index contributed by atoms with van der Waals surface area (Å²) in [5.41, 5.74) is 0.810. The minimum absolute atomic E-state index is 0.190. The molecular formula is C14H10Cl2N2O3S. The first-order valence-electron chi connectivity index (χ1n) is 5.96. The van der Waals surface area contributed by atoms with Crippen molar-refractivity contribution in [2.24, 2.45) is 0 Å². The normalized spacial score (nSPS) is 10.1. The van der Waals surface area contributed by atoms with Crippen molar-refractivity contribution in [1.29, 1.82) is 0 Å². The molecule has 0 unspecified atom stereocenters. The van der Waals surface area contributed by atoms with E-state index in [2.05, 4.69) is 10.6 Å². The molecule has 114 valence electrons. The number of phenols is 1. The van der Waals surface area contributed by atoms with Gasteiger partial charge in [-0.05, 0) is 42.5 Å². The van der Waals surface area contributed by atoms with Gasteiger partial charge in [0.2, 0.25) is 0 Å². The van der Waals surface area contributed by atoms with Crippen molar-refractivity contribution in [1.82, 2.24) is 0 Å². The first-order chi connectivity index (χ1) is 10.4. The zero-order valence-corrected chi connectivity index (χ0v) is 13.3. The molecule has 4 N–H and O–H groups in total. The predicted octanol–water partition coefficient (Wildman–Crippen LogP) is 4.21. The zero-order chi connectivity index (χ0) is 16.3. The number of benzene rings is 2. The van der Waals surface area contributed by atoms with E-state index in [1.165, 1.54) is 18.2 Å². The Hall–Kier alpha value is -2.02. The van der Waals surface area contributed by atoms with E-state index in [0.29, 0.717) is 21.4 Å². The van der Waals surface area contributed by atoms with Crippen LogP contribution in [0.3, 0.4) is 0 Å². The molecule has 8 heteroatoms. The fourth-order valence-electron chi connectivity index (χ4n) is 1.67. The van der Waals surface area contributed by atoms with Crippen LogP contribution >= 0.6 is 35.4 Å². The number of carboxylic acids is 1. The maximum atomic E-state index is 10.8. The van der Waals surface area contributed by atoms with Crippen LogP contribution in [0.25, 0.3) is 0 Å². The predicted molar refractivity (Wildman–Crippen MR) is 91.4 cm³/mol. The van der Waals surface area contributed by atoms with E-state index in [0.717, 1.165) is 0 Å². The van der Waals surface area contributed by atoms with Gasteiger partial charge in [-0.1, -0.05) is 23.2 Å². The average Bonchev–Trinajstić information content (AvgIpc) is 2.41. The molecule has 22 heavy (non-hydrogen) atoms. The Morgan fingerprint density at radius 1 is 1.09 bits per heavy atom. The quantitative estimate of drug-likeness (QED) is 0.617. The summed E-state index contributed by atoms with van der Waals surface area (Å²) in [6, 6.07) is 8.93. The van der Waals surface area contributed by atoms with Gasteiger partial charge in [0.15, 0.2) is 5.11 Å². The molecule has 0 heterocycles. The second-order valence-electron chi connectivity index (χ2n) is 4.24. The summed E-state index contributed by atoms with van der Waals surface area (Å²) in [6.07, 6.45) is 0. The monoisotopic (exact) mass is 356 g/mol. The van der Waals surface area contributed by atoms with Crippen molar-refractivity contribution in [2.75, 3.05) is 10.6 Å². The summed E-state index contributed by atoms with van der Waals surface area (Å²) in [6.45, 7) is 0. The van der Waals surface area contributed by atoms with E-state index < -0.39 is 5.97 Å². The van der Waals surface area contributed by atoms with Gasteiger partial charge in [0.05, 0.1) is 10.7 Å². The molecule has 2 aromatic rings. The van der Waals surface area contributed by atoms with Gasteiger partial charge in [-0.2, -0.15) is 0 Å². The minimum Gasteiger partial charge on any atom is -0.507 e. The molecule has 5 nitrogen and oxygen atoms in total. The molecule has 0 aromatic heterocycles. The van der Waals surface area contributed by atoms with Crippen molar-refractivity contribution >= 4 is 57.9 Å². The summed E-state index contributed by atoms with van der Waals surface area (Å²) in [5.74, 6) is -1.57. The highest BCUT2D eigenvalue weighted by molar-refractivity contribution is 7.80. The SMILES string of the molecule is O=C(O)c1ccc(NC(=S)Nc2ccc(Cl)cc2Cl)cc1O. The minimum atomic E-state index is -1.21. The maximum absolute atomic E-state index is 10.8. The second kappa shape index (κ2) is 6.83. The van der Waals surface area contributed by atoms with Gasteiger partial charge < -0.3 is 20.8 Å². The van der Waals surface area contributed by atoms with Gasteiger partial charge in [-0.15, -0.1) is 0 Å². The largest absolute Gasteiger partial charge is 0.507 e. The van der Waals surface area contributed by atoms with Gasteiger partial charge in [-0.25, -0.2) is 4.79 Å². The number of halogens is 2. The summed E-state index contributed by atoms with van der Waals surface area (Å²) in [4.78, 5) is 10.8. The van der Waals surface area contributed by atoms with Crippen molar-refractivity contribution in [3.8, 4) is 5.75 Å². The van der Waals surface area contributed by atoms with Crippen molar-refractivity contribution in [3.63, 3.8) is 0 Å². The Balaban J connectivity index is 2.09. The lowest BCUT2D eigenvalue weighted by molar-refractivity contribution is 0.0694. The van der Waals surface area contributed by atoms with E-state index >= 15 is 0 Å². The van der Waals surface area contributed by atoms with Crippen LogP contribution in [0.1, 0.15) is 10.4 Å². The number of aromatic hydroxyl groups is 1. The maximum Gasteiger partial charge on any atom is 0.339 e. The van der Waals surface area contributed by atoms with E-state index in [9.17, 15) is 9.90 Å². The van der Waals surface area contributed by atoms with Crippen LogP contribution in [-0.4, -0.2) is 21.3 Å². The number of carbonyl (C=O) groups is 1. The molecular weight excluding hydrogens is 347 g/mol.